The lowest BCUT2D eigenvalue weighted by atomic mass is 10.2. The molecule has 1 N–H and O–H groups in total. The van der Waals surface area contributed by atoms with Crippen molar-refractivity contribution in [1.29, 1.82) is 0 Å². The van der Waals surface area contributed by atoms with Crippen LogP contribution in [0.25, 0.3) is 11.5 Å². The fourth-order valence-electron chi connectivity index (χ4n) is 1.74. The Bertz CT molecular complexity index is 484. The fourth-order valence-corrected chi connectivity index (χ4v) is 1.74. The number of nitrogens with zero attached hydrogens (tertiary/aromatic N) is 3. The van der Waals surface area contributed by atoms with Crippen molar-refractivity contribution >= 4 is 0 Å². The normalized spacial score (nSPS) is 15.6. The van der Waals surface area contributed by atoms with Crippen LogP contribution in [-0.4, -0.2) is 21.0 Å². The molecule has 2 heterocycles. The molecule has 0 saturated heterocycles. The molecule has 0 atom stereocenters. The molecule has 5 heteroatoms. The zero-order chi connectivity index (χ0) is 11.0. The Morgan fingerprint density at radius 1 is 1.56 bits per heavy atom. The van der Waals surface area contributed by atoms with E-state index in [9.17, 15) is 0 Å². The van der Waals surface area contributed by atoms with Gasteiger partial charge in [0.25, 0.3) is 0 Å². The van der Waals surface area contributed by atoms with Crippen LogP contribution in [0.5, 0.6) is 0 Å². The first-order chi connectivity index (χ1) is 7.84. The van der Waals surface area contributed by atoms with E-state index >= 15 is 0 Å². The van der Waals surface area contributed by atoms with E-state index in [1.165, 1.54) is 12.8 Å². The van der Waals surface area contributed by atoms with Crippen LogP contribution in [0.3, 0.4) is 0 Å². The Kier molecular flexibility index (Phi) is 2.25. The monoisotopic (exact) mass is 218 g/mol. The first-order valence-electron chi connectivity index (χ1n) is 5.50. The molecule has 1 aliphatic carbocycles. The van der Waals surface area contributed by atoms with Crippen LogP contribution in [0.1, 0.15) is 18.4 Å². The van der Waals surface area contributed by atoms with Gasteiger partial charge in [0.15, 0.2) is 5.76 Å². The van der Waals surface area contributed by atoms with Gasteiger partial charge < -0.3 is 9.84 Å². The van der Waals surface area contributed by atoms with E-state index in [-0.39, 0.29) is 0 Å². The van der Waals surface area contributed by atoms with Gasteiger partial charge in [-0.3, -0.25) is 4.68 Å². The summed E-state index contributed by atoms with van der Waals surface area (Å²) < 4.78 is 7.08. The number of hydrogen-bond acceptors (Lipinski definition) is 4. The number of aromatic nitrogens is 3. The molecule has 2 aromatic rings. The Balaban J connectivity index is 1.83. The second kappa shape index (κ2) is 3.75. The molecular weight excluding hydrogens is 204 g/mol. The summed E-state index contributed by atoms with van der Waals surface area (Å²) in [7, 11) is 1.90. The minimum atomic E-state index is 0.689. The van der Waals surface area contributed by atoms with Crippen molar-refractivity contribution in [1.82, 2.24) is 20.3 Å². The maximum atomic E-state index is 5.29. The molecule has 16 heavy (non-hydrogen) atoms. The van der Waals surface area contributed by atoms with Crippen LogP contribution in [0.4, 0.5) is 0 Å². The van der Waals surface area contributed by atoms with E-state index in [2.05, 4.69) is 15.6 Å². The predicted molar refractivity (Wildman–Crippen MR) is 58.6 cm³/mol. The lowest BCUT2D eigenvalue weighted by molar-refractivity contribution is 0.428. The summed E-state index contributed by atoms with van der Waals surface area (Å²) in [5.74, 6) is 0.813. The summed E-state index contributed by atoms with van der Waals surface area (Å²) in [6, 6.07) is 2.62. The average Bonchev–Trinajstić information content (AvgIpc) is 2.83. The molecule has 0 aliphatic heterocycles. The van der Waals surface area contributed by atoms with Crippen molar-refractivity contribution in [2.75, 3.05) is 0 Å². The van der Waals surface area contributed by atoms with Crippen molar-refractivity contribution in [3.63, 3.8) is 0 Å². The second-order valence-electron chi connectivity index (χ2n) is 4.18. The van der Waals surface area contributed by atoms with Crippen molar-refractivity contribution in [2.45, 2.75) is 25.4 Å². The minimum absolute atomic E-state index is 0.689. The van der Waals surface area contributed by atoms with E-state index in [0.29, 0.717) is 6.04 Å². The highest BCUT2D eigenvalue weighted by Crippen LogP contribution is 2.24. The number of rotatable bonds is 4. The standard InChI is InChI=1S/C11H14N4O/c1-15-10(4-5-13-15)11-8(7-14-16-11)6-12-9-2-3-9/h4-5,7,9,12H,2-3,6H2,1H3. The molecule has 1 fully saturated rings. The van der Waals surface area contributed by atoms with Crippen LogP contribution >= 0.6 is 0 Å². The van der Waals surface area contributed by atoms with Crippen LogP contribution in [0, 0.1) is 0 Å². The highest BCUT2D eigenvalue weighted by Gasteiger charge is 2.22. The van der Waals surface area contributed by atoms with Crippen LogP contribution in [0.2, 0.25) is 0 Å². The molecule has 84 valence electrons. The second-order valence-corrected chi connectivity index (χ2v) is 4.18. The quantitative estimate of drug-likeness (QED) is 0.841. The van der Waals surface area contributed by atoms with Gasteiger partial charge in [0, 0.05) is 31.4 Å². The SMILES string of the molecule is Cn1nccc1-c1oncc1CNC1CC1. The molecule has 5 nitrogen and oxygen atoms in total. The molecule has 0 unspecified atom stereocenters. The van der Waals surface area contributed by atoms with Gasteiger partial charge in [0.1, 0.15) is 5.69 Å². The fraction of sp³-hybridized carbons (Fsp3) is 0.455. The van der Waals surface area contributed by atoms with Crippen molar-refractivity contribution < 1.29 is 4.52 Å². The number of hydrogen-bond donors (Lipinski definition) is 1. The van der Waals surface area contributed by atoms with E-state index in [1.807, 2.05) is 13.1 Å². The van der Waals surface area contributed by atoms with Gasteiger partial charge in [0.05, 0.1) is 6.20 Å². The molecule has 1 aliphatic rings. The molecule has 0 radical (unpaired) electrons. The lowest BCUT2D eigenvalue weighted by Crippen LogP contribution is -2.15. The Labute approximate surface area is 93.4 Å². The molecule has 0 aromatic carbocycles. The lowest BCUT2D eigenvalue weighted by Gasteiger charge is -2.02. The first kappa shape index (κ1) is 9.59. The van der Waals surface area contributed by atoms with Crippen LogP contribution < -0.4 is 5.32 Å². The highest BCUT2D eigenvalue weighted by molar-refractivity contribution is 5.55. The zero-order valence-corrected chi connectivity index (χ0v) is 9.18. The molecule has 0 amide bonds. The summed E-state index contributed by atoms with van der Waals surface area (Å²) >= 11 is 0. The van der Waals surface area contributed by atoms with Crippen LogP contribution in [-0.2, 0) is 13.6 Å². The summed E-state index contributed by atoms with van der Waals surface area (Å²) in [6.45, 7) is 0.814. The van der Waals surface area contributed by atoms with Gasteiger partial charge in [-0.2, -0.15) is 5.10 Å². The third-order valence-electron chi connectivity index (χ3n) is 2.86. The Morgan fingerprint density at radius 3 is 3.12 bits per heavy atom. The predicted octanol–water partition coefficient (Wildman–Crippen LogP) is 1.33. The van der Waals surface area contributed by atoms with Gasteiger partial charge in [-0.15, -0.1) is 0 Å². The van der Waals surface area contributed by atoms with E-state index in [0.717, 1.165) is 23.6 Å². The Morgan fingerprint density at radius 2 is 2.44 bits per heavy atom. The summed E-state index contributed by atoms with van der Waals surface area (Å²) in [5, 5.41) is 11.4. The molecule has 2 aromatic heterocycles. The average molecular weight is 218 g/mol. The van der Waals surface area contributed by atoms with Crippen LogP contribution in [0.15, 0.2) is 23.0 Å². The van der Waals surface area contributed by atoms with Gasteiger partial charge in [0.2, 0.25) is 0 Å². The highest BCUT2D eigenvalue weighted by atomic mass is 16.5. The van der Waals surface area contributed by atoms with Gasteiger partial charge >= 0.3 is 0 Å². The molecule has 1 saturated carbocycles. The minimum Gasteiger partial charge on any atom is -0.354 e. The number of aryl methyl sites for hydroxylation is 1. The van der Waals surface area contributed by atoms with Crippen molar-refractivity contribution in [3.05, 3.63) is 24.0 Å². The molecule has 3 rings (SSSR count). The summed E-state index contributed by atoms with van der Waals surface area (Å²) in [6.07, 6.45) is 6.10. The van der Waals surface area contributed by atoms with E-state index in [1.54, 1.807) is 17.1 Å². The topological polar surface area (TPSA) is 55.9 Å². The van der Waals surface area contributed by atoms with Gasteiger partial charge in [-0.1, -0.05) is 5.16 Å². The molecule has 0 spiro atoms. The van der Waals surface area contributed by atoms with E-state index in [4.69, 9.17) is 4.52 Å². The third kappa shape index (κ3) is 1.74. The third-order valence-corrected chi connectivity index (χ3v) is 2.86. The largest absolute Gasteiger partial charge is 0.354 e. The maximum absolute atomic E-state index is 5.29. The molecular formula is C11H14N4O. The summed E-state index contributed by atoms with van der Waals surface area (Å²) in [5.41, 5.74) is 2.06. The van der Waals surface area contributed by atoms with Crippen molar-refractivity contribution in [2.24, 2.45) is 7.05 Å². The summed E-state index contributed by atoms with van der Waals surface area (Å²) in [4.78, 5) is 0. The van der Waals surface area contributed by atoms with Gasteiger partial charge in [-0.05, 0) is 18.9 Å². The number of nitrogens with one attached hydrogen (secondary N) is 1. The Hall–Kier alpha value is -1.62. The first-order valence-corrected chi connectivity index (χ1v) is 5.50. The van der Waals surface area contributed by atoms with Gasteiger partial charge in [-0.25, -0.2) is 0 Å². The zero-order valence-electron chi connectivity index (χ0n) is 9.18. The van der Waals surface area contributed by atoms with Crippen molar-refractivity contribution in [3.8, 4) is 11.5 Å². The maximum Gasteiger partial charge on any atom is 0.189 e. The molecule has 0 bridgehead atoms. The smallest absolute Gasteiger partial charge is 0.189 e. The van der Waals surface area contributed by atoms with E-state index < -0.39 is 0 Å².